The number of hydrogen-bond acceptors (Lipinski definition) is 22. The van der Waals surface area contributed by atoms with Crippen molar-refractivity contribution in [1.29, 1.82) is 0 Å². The van der Waals surface area contributed by atoms with Gasteiger partial charge in [0, 0.05) is 71.4 Å². The van der Waals surface area contributed by atoms with Gasteiger partial charge in [-0.3, -0.25) is 37.9 Å². The van der Waals surface area contributed by atoms with Crippen molar-refractivity contribution < 1.29 is 75.2 Å². The van der Waals surface area contributed by atoms with Gasteiger partial charge in [-0.15, -0.1) is 20.4 Å². The number of halogens is 3. The monoisotopic (exact) mass is 1150 g/mol. The van der Waals surface area contributed by atoms with Crippen molar-refractivity contribution in [2.24, 2.45) is 14.1 Å². The summed E-state index contributed by atoms with van der Waals surface area (Å²) in [7, 11) is 2.82. The SMILES string of the molecule is CCOC(=O)OC(C)Cl.CCOC(=O)OC(C)Oc1c(C(=O)CCc2ccc(F)cc2)nc(C(C)(C)CC(=O)c2nnc(C)o2)n(C)c1=O.Cc1nnc(C(=O)CC(C)(C)c2nc(C(=O)CCc3ccc(F)cc3)c(O)c(=O)n2C)o1. The first-order valence-electron chi connectivity index (χ1n) is 25.1. The number of aryl methyl sites for hydroxylation is 4. The smallest absolute Gasteiger partial charge is 0.501 e. The number of aromatic hydroxyl groups is 1. The van der Waals surface area contributed by atoms with Gasteiger partial charge in [0.15, 0.2) is 28.5 Å². The summed E-state index contributed by atoms with van der Waals surface area (Å²) in [4.78, 5) is 108. The number of carbonyl (C=O) groups is 6. The van der Waals surface area contributed by atoms with E-state index in [-0.39, 0.29) is 97.5 Å². The Kier molecular flexibility index (Phi) is 23.3. The second kappa shape index (κ2) is 29.1. The van der Waals surface area contributed by atoms with E-state index in [1.54, 1.807) is 86.6 Å². The summed E-state index contributed by atoms with van der Waals surface area (Å²) < 4.78 is 63.1. The number of hydrogen-bond donors (Lipinski definition) is 1. The minimum Gasteiger partial charge on any atom is -0.501 e. The highest BCUT2D eigenvalue weighted by molar-refractivity contribution is 6.19. The average Bonchev–Trinajstić information content (AvgIpc) is 4.04. The van der Waals surface area contributed by atoms with Gasteiger partial charge in [-0.2, -0.15) is 0 Å². The average molecular weight is 1150 g/mol. The first kappa shape index (κ1) is 65.0. The molecule has 1 N–H and O–H groups in total. The highest BCUT2D eigenvalue weighted by Crippen LogP contribution is 2.30. The van der Waals surface area contributed by atoms with Crippen LogP contribution >= 0.6 is 11.6 Å². The lowest BCUT2D eigenvalue weighted by molar-refractivity contribution is -0.0531. The molecule has 2 atom stereocenters. The Hall–Kier alpha value is -8.55. The van der Waals surface area contributed by atoms with Crippen molar-refractivity contribution in [2.75, 3.05) is 13.2 Å². The van der Waals surface area contributed by atoms with E-state index in [1.807, 2.05) is 0 Å². The standard InChI is InChI=1S/C27H31FN4O8.C22H23FN4O5.C5H9ClO3/c1-7-37-26(36)40-16(3)39-22-21(19(33)13-10-17-8-11-18(28)12-9-17)29-25(32(6)24(22)35)27(4,5)14-20(34)23-31-30-15(2)38-23;1-12-25-26-19(32-12)16(29)11-22(2,3)21-24-17(18(30)20(31)27(21)4)15(28)10-7-13-5-8-14(23)9-6-13;1-3-8-5(7)9-4(2)6/h8-9,11-12,16H,7,10,13-14H2,1-6H3;5-6,8-9,30H,7,10-11H2,1-4H3;4H,3H2,1-2H3. The largest absolute Gasteiger partial charge is 0.511 e. The molecule has 0 bridgehead atoms. The van der Waals surface area contributed by atoms with Crippen LogP contribution in [0.5, 0.6) is 11.5 Å². The minimum absolute atomic E-state index is 0.0422. The van der Waals surface area contributed by atoms with Crippen LogP contribution in [0.25, 0.3) is 0 Å². The van der Waals surface area contributed by atoms with Gasteiger partial charge in [0.1, 0.15) is 23.3 Å². The second-order valence-corrected chi connectivity index (χ2v) is 19.7. The lowest BCUT2D eigenvalue weighted by Gasteiger charge is -2.26. The van der Waals surface area contributed by atoms with E-state index < -0.39 is 86.6 Å². The van der Waals surface area contributed by atoms with Crippen molar-refractivity contribution in [3.63, 3.8) is 0 Å². The van der Waals surface area contributed by atoms with Crippen molar-refractivity contribution in [1.82, 2.24) is 39.5 Å². The maximum absolute atomic E-state index is 13.5. The van der Waals surface area contributed by atoms with Gasteiger partial charge >= 0.3 is 12.3 Å². The van der Waals surface area contributed by atoms with E-state index in [0.717, 1.165) is 14.7 Å². The third-order valence-corrected chi connectivity index (χ3v) is 11.5. The number of ketones is 4. The molecule has 0 aliphatic rings. The molecule has 0 saturated carbocycles. The first-order chi connectivity index (χ1) is 38.0. The van der Waals surface area contributed by atoms with Crippen LogP contribution in [0.1, 0.15) is 158 Å². The molecular weight excluding hydrogens is 1090 g/mol. The number of Topliss-reactive ketones (excluding diaryl/α,β-unsaturated/α-hetero) is 4. The van der Waals surface area contributed by atoms with Crippen LogP contribution in [0.4, 0.5) is 18.4 Å². The Morgan fingerprint density at radius 3 is 1.42 bits per heavy atom. The minimum atomic E-state index is -1.29. The maximum Gasteiger partial charge on any atom is 0.511 e. The third kappa shape index (κ3) is 18.8. The second-order valence-electron chi connectivity index (χ2n) is 19.1. The van der Waals surface area contributed by atoms with E-state index in [4.69, 9.17) is 34.6 Å². The number of nitrogens with zero attached hydrogens (tertiary/aromatic N) is 8. The predicted molar refractivity (Wildman–Crippen MR) is 282 cm³/mol. The molecule has 81 heavy (non-hydrogen) atoms. The molecule has 6 rings (SSSR count). The number of rotatable bonds is 22. The van der Waals surface area contributed by atoms with Crippen LogP contribution in [0.3, 0.4) is 0 Å². The fourth-order valence-electron chi connectivity index (χ4n) is 7.62. The third-order valence-electron chi connectivity index (χ3n) is 11.4. The van der Waals surface area contributed by atoms with Gasteiger partial charge in [0.2, 0.25) is 41.1 Å². The number of carbonyl (C=O) groups excluding carboxylic acids is 6. The quantitative estimate of drug-likeness (QED) is 0.0289. The number of benzene rings is 2. The number of alkyl halides is 1. The number of ether oxygens (including phenoxy) is 5. The topological polar surface area (TPSA) is 316 Å². The van der Waals surface area contributed by atoms with Crippen molar-refractivity contribution in [3.05, 3.63) is 139 Å². The summed E-state index contributed by atoms with van der Waals surface area (Å²) in [5.41, 5.74) is -3.45. The normalized spacial score (nSPS) is 11.9. The van der Waals surface area contributed by atoms with Crippen molar-refractivity contribution >= 4 is 47.0 Å². The van der Waals surface area contributed by atoms with Crippen LogP contribution in [-0.4, -0.2) is 105 Å². The van der Waals surface area contributed by atoms with Gasteiger partial charge in [-0.05, 0) is 69.0 Å². The molecule has 0 amide bonds. The zero-order valence-electron chi connectivity index (χ0n) is 46.7. The Balaban J connectivity index is 0.000000307. The molecule has 4 heterocycles. The van der Waals surface area contributed by atoms with E-state index >= 15 is 0 Å². The molecular formula is C54H63ClF2N8O16. The van der Waals surface area contributed by atoms with Crippen LogP contribution in [0, 0.1) is 25.5 Å². The van der Waals surface area contributed by atoms with Gasteiger partial charge < -0.3 is 37.6 Å². The molecule has 2 unspecified atom stereocenters. The zero-order valence-corrected chi connectivity index (χ0v) is 47.5. The van der Waals surface area contributed by atoms with Crippen molar-refractivity contribution in [3.8, 4) is 11.5 Å². The molecule has 24 nitrogen and oxygen atoms in total. The molecule has 0 radical (unpaired) electrons. The number of aromatic nitrogens is 8. The Morgan fingerprint density at radius 1 is 0.630 bits per heavy atom. The van der Waals surface area contributed by atoms with E-state index in [0.29, 0.717) is 12.2 Å². The Labute approximate surface area is 468 Å². The molecule has 4 aromatic heterocycles. The molecule has 0 saturated heterocycles. The maximum atomic E-state index is 13.5. The molecule has 27 heteroatoms. The van der Waals surface area contributed by atoms with Gasteiger partial charge in [-0.1, -0.05) is 63.6 Å². The predicted octanol–water partition coefficient (Wildman–Crippen LogP) is 8.30. The fourth-order valence-corrected chi connectivity index (χ4v) is 7.69. The van der Waals surface area contributed by atoms with E-state index in [2.05, 4.69) is 39.8 Å². The molecule has 6 aromatic rings. The summed E-state index contributed by atoms with van der Waals surface area (Å²) in [5, 5.41) is 25.0. The molecule has 0 aliphatic heterocycles. The zero-order chi connectivity index (χ0) is 60.5. The Bertz CT molecular complexity index is 3320. The first-order valence-corrected chi connectivity index (χ1v) is 25.5. The Morgan fingerprint density at radius 2 is 1.02 bits per heavy atom. The molecule has 436 valence electrons. The lowest BCUT2D eigenvalue weighted by Crippen LogP contribution is -2.36. The highest BCUT2D eigenvalue weighted by Gasteiger charge is 2.36. The van der Waals surface area contributed by atoms with Crippen LogP contribution in [0.2, 0.25) is 0 Å². The van der Waals surface area contributed by atoms with Crippen LogP contribution in [-0.2, 0) is 56.7 Å². The molecule has 0 spiro atoms. The fraction of sp³-hybridized carbons (Fsp3) is 0.444. The molecule has 0 aliphatic carbocycles. The summed E-state index contributed by atoms with van der Waals surface area (Å²) in [6.45, 7) is 16.4. The van der Waals surface area contributed by atoms with Crippen LogP contribution in [0.15, 0.2) is 67.0 Å². The lowest BCUT2D eigenvalue weighted by atomic mass is 9.85. The molecule has 2 aromatic carbocycles. The van der Waals surface area contributed by atoms with Gasteiger partial charge in [0.25, 0.3) is 22.9 Å². The van der Waals surface area contributed by atoms with Gasteiger partial charge in [-0.25, -0.2) is 28.3 Å². The summed E-state index contributed by atoms with van der Waals surface area (Å²) >= 11 is 5.29. The van der Waals surface area contributed by atoms with E-state index in [1.165, 1.54) is 45.3 Å². The van der Waals surface area contributed by atoms with E-state index in [9.17, 15) is 52.2 Å². The highest BCUT2D eigenvalue weighted by atomic mass is 35.5. The summed E-state index contributed by atoms with van der Waals surface area (Å²) in [6.07, 6.45) is -2.94. The van der Waals surface area contributed by atoms with Gasteiger partial charge in [0.05, 0.1) is 13.2 Å². The molecule has 0 fully saturated rings. The van der Waals surface area contributed by atoms with Crippen molar-refractivity contribution in [2.45, 2.75) is 130 Å². The van der Waals surface area contributed by atoms with Crippen LogP contribution < -0.4 is 15.9 Å². The summed E-state index contributed by atoms with van der Waals surface area (Å²) in [5.74, 6) is -3.58. The summed E-state index contributed by atoms with van der Waals surface area (Å²) in [6, 6.07) is 11.3.